The Hall–Kier alpha value is -1.12. The number of aromatic hydroxyl groups is 1. The summed E-state index contributed by atoms with van der Waals surface area (Å²) in [6.45, 7) is 1.86. The SMILES string of the molecule is [B]C(C)c1cc(O)cc(OC)c1. The second-order valence-corrected chi connectivity index (χ2v) is 2.75. The minimum Gasteiger partial charge on any atom is -0.508 e. The van der Waals surface area contributed by atoms with E-state index in [1.54, 1.807) is 19.2 Å². The molecule has 62 valence electrons. The largest absolute Gasteiger partial charge is 0.508 e. The zero-order chi connectivity index (χ0) is 9.14. The third-order valence-electron chi connectivity index (χ3n) is 1.68. The van der Waals surface area contributed by atoms with Crippen molar-refractivity contribution in [3.8, 4) is 11.5 Å². The van der Waals surface area contributed by atoms with Gasteiger partial charge in [-0.3, -0.25) is 0 Å². The van der Waals surface area contributed by atoms with Crippen molar-refractivity contribution in [2.24, 2.45) is 0 Å². The van der Waals surface area contributed by atoms with Gasteiger partial charge in [-0.2, -0.15) is 0 Å². The van der Waals surface area contributed by atoms with Crippen molar-refractivity contribution < 1.29 is 9.84 Å². The fourth-order valence-corrected chi connectivity index (χ4v) is 0.987. The van der Waals surface area contributed by atoms with Crippen LogP contribution in [-0.2, 0) is 0 Å². The Bertz CT molecular complexity index is 271. The van der Waals surface area contributed by atoms with Gasteiger partial charge < -0.3 is 9.84 Å². The summed E-state index contributed by atoms with van der Waals surface area (Å²) < 4.78 is 4.97. The highest BCUT2D eigenvalue weighted by Gasteiger charge is 2.02. The standard InChI is InChI=1S/C9H11BO2/c1-6(10)7-3-8(11)5-9(4-7)12-2/h3-6,11H,1-2H3. The number of benzene rings is 1. The maximum Gasteiger partial charge on any atom is 0.122 e. The van der Waals surface area contributed by atoms with E-state index in [0.29, 0.717) is 5.75 Å². The van der Waals surface area contributed by atoms with Crippen molar-refractivity contribution in [1.82, 2.24) is 0 Å². The number of hydrogen-bond acceptors (Lipinski definition) is 2. The molecule has 2 nitrogen and oxygen atoms in total. The van der Waals surface area contributed by atoms with Gasteiger partial charge in [0.1, 0.15) is 11.5 Å². The first kappa shape index (κ1) is 8.98. The van der Waals surface area contributed by atoms with Gasteiger partial charge in [-0.05, 0) is 17.7 Å². The Morgan fingerprint density at radius 2 is 2.08 bits per heavy atom. The highest BCUT2D eigenvalue weighted by atomic mass is 16.5. The quantitative estimate of drug-likeness (QED) is 0.669. The lowest BCUT2D eigenvalue weighted by Crippen LogP contribution is -1.92. The Morgan fingerprint density at radius 3 is 2.58 bits per heavy atom. The van der Waals surface area contributed by atoms with Crippen LogP contribution < -0.4 is 4.74 Å². The topological polar surface area (TPSA) is 29.5 Å². The van der Waals surface area contributed by atoms with Gasteiger partial charge in [0.25, 0.3) is 0 Å². The van der Waals surface area contributed by atoms with Gasteiger partial charge in [0.2, 0.25) is 0 Å². The van der Waals surface area contributed by atoms with E-state index in [0.717, 1.165) is 5.56 Å². The molecule has 0 bridgehead atoms. The third kappa shape index (κ3) is 1.94. The molecule has 0 aliphatic carbocycles. The van der Waals surface area contributed by atoms with Gasteiger partial charge in [0.05, 0.1) is 15.0 Å². The van der Waals surface area contributed by atoms with Crippen LogP contribution in [0.4, 0.5) is 0 Å². The van der Waals surface area contributed by atoms with Crippen molar-refractivity contribution in [2.75, 3.05) is 7.11 Å². The molecule has 0 aromatic heterocycles. The van der Waals surface area contributed by atoms with Crippen LogP contribution in [0.25, 0.3) is 0 Å². The summed E-state index contributed by atoms with van der Waals surface area (Å²) in [5.41, 5.74) is 0.867. The summed E-state index contributed by atoms with van der Waals surface area (Å²) in [6, 6.07) is 4.99. The van der Waals surface area contributed by atoms with Gasteiger partial charge in [0, 0.05) is 6.07 Å². The summed E-state index contributed by atoms with van der Waals surface area (Å²) in [5.74, 6) is 0.718. The number of ether oxygens (including phenoxy) is 1. The van der Waals surface area contributed by atoms with E-state index >= 15 is 0 Å². The minimum atomic E-state index is -0.0917. The first-order valence-electron chi connectivity index (χ1n) is 3.77. The molecule has 0 aliphatic heterocycles. The molecule has 0 fully saturated rings. The normalized spacial score (nSPS) is 12.5. The van der Waals surface area contributed by atoms with E-state index in [9.17, 15) is 5.11 Å². The third-order valence-corrected chi connectivity index (χ3v) is 1.68. The highest BCUT2D eigenvalue weighted by molar-refractivity contribution is 6.12. The Kier molecular flexibility index (Phi) is 2.63. The second-order valence-electron chi connectivity index (χ2n) is 2.75. The van der Waals surface area contributed by atoms with E-state index < -0.39 is 0 Å². The molecular weight excluding hydrogens is 151 g/mol. The molecule has 0 heterocycles. The molecule has 12 heavy (non-hydrogen) atoms. The van der Waals surface area contributed by atoms with E-state index in [2.05, 4.69) is 0 Å². The summed E-state index contributed by atoms with van der Waals surface area (Å²) in [4.78, 5) is 0. The Balaban J connectivity index is 3.06. The van der Waals surface area contributed by atoms with Crippen LogP contribution >= 0.6 is 0 Å². The average molecular weight is 162 g/mol. The maximum absolute atomic E-state index is 9.24. The van der Waals surface area contributed by atoms with Crippen molar-refractivity contribution in [3.05, 3.63) is 23.8 Å². The van der Waals surface area contributed by atoms with Crippen molar-refractivity contribution in [1.29, 1.82) is 0 Å². The first-order valence-corrected chi connectivity index (χ1v) is 3.77. The van der Waals surface area contributed by atoms with Crippen LogP contribution in [0.15, 0.2) is 18.2 Å². The monoisotopic (exact) mass is 162 g/mol. The molecule has 1 rings (SSSR count). The first-order chi connectivity index (χ1) is 5.63. The van der Waals surface area contributed by atoms with E-state index in [4.69, 9.17) is 12.6 Å². The van der Waals surface area contributed by atoms with E-state index in [1.807, 2.05) is 13.0 Å². The van der Waals surface area contributed by atoms with Gasteiger partial charge in [0.15, 0.2) is 0 Å². The molecule has 0 saturated carbocycles. The molecule has 2 radical (unpaired) electrons. The summed E-state index contributed by atoms with van der Waals surface area (Å²) in [5, 5.41) is 9.24. The fraction of sp³-hybridized carbons (Fsp3) is 0.333. The number of rotatable bonds is 2. The summed E-state index contributed by atoms with van der Waals surface area (Å²) in [6.07, 6.45) is 0. The van der Waals surface area contributed by atoms with Crippen molar-refractivity contribution >= 4 is 7.85 Å². The maximum atomic E-state index is 9.24. The molecule has 0 amide bonds. The van der Waals surface area contributed by atoms with E-state index in [1.165, 1.54) is 0 Å². The van der Waals surface area contributed by atoms with Gasteiger partial charge in [-0.1, -0.05) is 12.7 Å². The van der Waals surface area contributed by atoms with Gasteiger partial charge >= 0.3 is 0 Å². The lowest BCUT2D eigenvalue weighted by atomic mass is 9.83. The van der Waals surface area contributed by atoms with Gasteiger partial charge in [-0.15, -0.1) is 0 Å². The van der Waals surface area contributed by atoms with Crippen LogP contribution in [0.5, 0.6) is 11.5 Å². The Morgan fingerprint density at radius 1 is 1.42 bits per heavy atom. The Labute approximate surface area is 73.6 Å². The van der Waals surface area contributed by atoms with Crippen LogP contribution in [-0.4, -0.2) is 20.1 Å². The second kappa shape index (κ2) is 3.52. The van der Waals surface area contributed by atoms with Crippen LogP contribution in [0, 0.1) is 0 Å². The average Bonchev–Trinajstić information content (AvgIpc) is 2.03. The van der Waals surface area contributed by atoms with Crippen molar-refractivity contribution in [2.45, 2.75) is 12.7 Å². The van der Waals surface area contributed by atoms with Crippen LogP contribution in [0.2, 0.25) is 0 Å². The van der Waals surface area contributed by atoms with Gasteiger partial charge in [-0.25, -0.2) is 0 Å². The fourth-order valence-electron chi connectivity index (χ4n) is 0.987. The number of phenolic OH excluding ortho intramolecular Hbond substituents is 1. The number of phenols is 1. The molecule has 3 heteroatoms. The molecule has 1 unspecified atom stereocenters. The number of methoxy groups -OCH3 is 1. The van der Waals surface area contributed by atoms with Crippen LogP contribution in [0.1, 0.15) is 18.3 Å². The molecular formula is C9H11BO2. The van der Waals surface area contributed by atoms with Crippen LogP contribution in [0.3, 0.4) is 0 Å². The smallest absolute Gasteiger partial charge is 0.122 e. The van der Waals surface area contributed by atoms with Crippen molar-refractivity contribution in [3.63, 3.8) is 0 Å². The molecule has 1 atom stereocenters. The lowest BCUT2D eigenvalue weighted by Gasteiger charge is -2.08. The predicted octanol–water partition coefficient (Wildman–Crippen LogP) is 1.63. The summed E-state index contributed by atoms with van der Waals surface area (Å²) >= 11 is 0. The predicted molar refractivity (Wildman–Crippen MR) is 48.8 cm³/mol. The molecule has 0 spiro atoms. The number of hydrogen-bond donors (Lipinski definition) is 1. The minimum absolute atomic E-state index is 0.0917. The van der Waals surface area contributed by atoms with E-state index in [-0.39, 0.29) is 11.6 Å². The molecule has 1 aromatic carbocycles. The summed E-state index contributed by atoms with van der Waals surface area (Å²) in [7, 11) is 7.19. The lowest BCUT2D eigenvalue weighted by molar-refractivity contribution is 0.407. The zero-order valence-electron chi connectivity index (χ0n) is 7.24. The highest BCUT2D eigenvalue weighted by Crippen LogP contribution is 2.24. The zero-order valence-corrected chi connectivity index (χ0v) is 7.24. The molecule has 0 saturated heterocycles. The molecule has 0 aliphatic rings. The molecule has 1 N–H and O–H groups in total. The molecule has 1 aromatic rings.